The third kappa shape index (κ3) is 2.21. The van der Waals surface area contributed by atoms with Gasteiger partial charge in [-0.05, 0) is 44.4 Å². The second-order valence-electron chi connectivity index (χ2n) is 7.50. The largest absolute Gasteiger partial charge is 0.465 e. The summed E-state index contributed by atoms with van der Waals surface area (Å²) in [5, 5.41) is 0. The number of hydrogen-bond donors (Lipinski definition) is 0. The number of carbonyl (C=O) groups is 1. The van der Waals surface area contributed by atoms with Gasteiger partial charge in [-0.15, -0.1) is 0 Å². The van der Waals surface area contributed by atoms with E-state index in [9.17, 15) is 4.79 Å². The summed E-state index contributed by atoms with van der Waals surface area (Å²) in [4.78, 5) is 11.8. The second-order valence-corrected chi connectivity index (χ2v) is 7.50. The molecule has 0 unspecified atom stereocenters. The molecule has 0 aromatic rings. The van der Waals surface area contributed by atoms with E-state index in [1.807, 2.05) is 13.8 Å². The first kappa shape index (κ1) is 14.0. The molecule has 4 rings (SSSR count). The maximum absolute atomic E-state index is 11.8. The summed E-state index contributed by atoms with van der Waals surface area (Å²) < 4.78 is 23.5. The first-order valence-corrected chi connectivity index (χ1v) is 8.11. The van der Waals surface area contributed by atoms with E-state index in [0.717, 1.165) is 12.8 Å². The lowest BCUT2D eigenvalue weighted by Gasteiger charge is -2.42. The van der Waals surface area contributed by atoms with Crippen molar-refractivity contribution in [3.05, 3.63) is 0 Å². The van der Waals surface area contributed by atoms with Gasteiger partial charge in [-0.1, -0.05) is 6.92 Å². The summed E-state index contributed by atoms with van der Waals surface area (Å²) >= 11 is 0. The van der Waals surface area contributed by atoms with Gasteiger partial charge in [0.25, 0.3) is 0 Å². The highest BCUT2D eigenvalue weighted by molar-refractivity contribution is 5.70. The van der Waals surface area contributed by atoms with Crippen molar-refractivity contribution < 1.29 is 23.7 Å². The van der Waals surface area contributed by atoms with Crippen molar-refractivity contribution in [3.8, 4) is 0 Å². The SMILES string of the molecule is C[C@H]1CC(=O)OC[C@H]2CC[C@H]3O[C@@H]4OC(C)(C)O[C@@H]4[C@@H]3[C@H]21. The van der Waals surface area contributed by atoms with Crippen molar-refractivity contribution in [2.24, 2.45) is 23.7 Å². The van der Waals surface area contributed by atoms with Crippen LogP contribution in [-0.2, 0) is 23.7 Å². The van der Waals surface area contributed by atoms with E-state index in [-0.39, 0.29) is 24.5 Å². The van der Waals surface area contributed by atoms with Gasteiger partial charge in [-0.3, -0.25) is 4.79 Å². The predicted octanol–water partition coefficient (Wildman–Crippen LogP) is 2.09. The highest BCUT2D eigenvalue weighted by atomic mass is 16.8. The summed E-state index contributed by atoms with van der Waals surface area (Å²) in [6, 6.07) is 0. The van der Waals surface area contributed by atoms with Crippen LogP contribution in [0.5, 0.6) is 0 Å². The first-order valence-electron chi connectivity index (χ1n) is 8.11. The van der Waals surface area contributed by atoms with E-state index in [1.165, 1.54) is 0 Å². The van der Waals surface area contributed by atoms with Gasteiger partial charge in [0.2, 0.25) is 0 Å². The Balaban J connectivity index is 1.63. The molecule has 3 saturated heterocycles. The van der Waals surface area contributed by atoms with Gasteiger partial charge < -0.3 is 18.9 Å². The average molecular weight is 296 g/mol. The minimum atomic E-state index is -0.576. The highest BCUT2D eigenvalue weighted by Gasteiger charge is 2.60. The highest BCUT2D eigenvalue weighted by Crippen LogP contribution is 2.53. The van der Waals surface area contributed by atoms with E-state index >= 15 is 0 Å². The second kappa shape index (κ2) is 4.67. The van der Waals surface area contributed by atoms with Crippen LogP contribution in [0.2, 0.25) is 0 Å². The Labute approximate surface area is 125 Å². The van der Waals surface area contributed by atoms with Crippen LogP contribution < -0.4 is 0 Å². The zero-order chi connectivity index (χ0) is 14.8. The minimum Gasteiger partial charge on any atom is -0.465 e. The molecule has 0 radical (unpaired) electrons. The molecular weight excluding hydrogens is 272 g/mol. The molecule has 1 saturated carbocycles. The predicted molar refractivity (Wildman–Crippen MR) is 73.1 cm³/mol. The van der Waals surface area contributed by atoms with Crippen LogP contribution in [0.25, 0.3) is 0 Å². The van der Waals surface area contributed by atoms with Crippen LogP contribution in [-0.4, -0.2) is 36.9 Å². The smallest absolute Gasteiger partial charge is 0.306 e. The molecule has 3 heterocycles. The third-order valence-electron chi connectivity index (χ3n) is 5.62. The molecule has 0 aromatic carbocycles. The topological polar surface area (TPSA) is 54.0 Å². The lowest BCUT2D eigenvalue weighted by molar-refractivity contribution is -0.218. The van der Waals surface area contributed by atoms with E-state index in [2.05, 4.69) is 6.92 Å². The van der Waals surface area contributed by atoms with Gasteiger partial charge in [0.15, 0.2) is 12.1 Å². The lowest BCUT2D eigenvalue weighted by atomic mass is 9.64. The number of cyclic esters (lactones) is 1. The van der Waals surface area contributed by atoms with E-state index < -0.39 is 5.79 Å². The Morgan fingerprint density at radius 3 is 2.76 bits per heavy atom. The molecule has 21 heavy (non-hydrogen) atoms. The standard InChI is InChI=1S/C16H24O5/c1-8-6-11(17)18-7-9-4-5-10-13(12(8)9)14-15(19-10)21-16(2,3)20-14/h8-10,12-15H,4-7H2,1-3H3/t8-,9+,10+,12-,13-,14+,15+/m0/s1. The Kier molecular flexibility index (Phi) is 3.11. The molecule has 118 valence electrons. The summed E-state index contributed by atoms with van der Waals surface area (Å²) in [6.45, 7) is 6.60. The summed E-state index contributed by atoms with van der Waals surface area (Å²) in [6.07, 6.45) is 2.52. The van der Waals surface area contributed by atoms with E-state index in [1.54, 1.807) is 0 Å². The van der Waals surface area contributed by atoms with Crippen molar-refractivity contribution >= 4 is 5.97 Å². The minimum absolute atomic E-state index is 0.00606. The maximum Gasteiger partial charge on any atom is 0.306 e. The lowest BCUT2D eigenvalue weighted by Crippen LogP contribution is -2.45. The van der Waals surface area contributed by atoms with Gasteiger partial charge >= 0.3 is 5.97 Å². The van der Waals surface area contributed by atoms with Crippen molar-refractivity contribution in [3.63, 3.8) is 0 Å². The van der Waals surface area contributed by atoms with Gasteiger partial charge in [-0.2, -0.15) is 0 Å². The molecule has 0 N–H and O–H groups in total. The van der Waals surface area contributed by atoms with Crippen LogP contribution in [0.15, 0.2) is 0 Å². The van der Waals surface area contributed by atoms with Crippen LogP contribution in [0.1, 0.15) is 40.0 Å². The molecule has 0 bridgehead atoms. The van der Waals surface area contributed by atoms with E-state index in [4.69, 9.17) is 18.9 Å². The molecule has 5 heteroatoms. The van der Waals surface area contributed by atoms with Gasteiger partial charge in [0, 0.05) is 12.3 Å². The summed E-state index contributed by atoms with van der Waals surface area (Å²) in [7, 11) is 0. The normalized spacial score (nSPS) is 51.6. The molecule has 0 aromatic heterocycles. The van der Waals surface area contributed by atoms with Crippen molar-refractivity contribution in [2.75, 3.05) is 6.61 Å². The third-order valence-corrected chi connectivity index (χ3v) is 5.62. The molecule has 5 nitrogen and oxygen atoms in total. The quantitative estimate of drug-likeness (QED) is 0.641. The summed E-state index contributed by atoms with van der Waals surface area (Å²) in [5.41, 5.74) is 0. The van der Waals surface area contributed by atoms with Crippen molar-refractivity contribution in [1.29, 1.82) is 0 Å². The van der Waals surface area contributed by atoms with Crippen LogP contribution in [0.4, 0.5) is 0 Å². The van der Waals surface area contributed by atoms with Crippen LogP contribution >= 0.6 is 0 Å². The molecule has 0 spiro atoms. The Bertz CT molecular complexity index is 448. The number of rotatable bonds is 0. The maximum atomic E-state index is 11.8. The zero-order valence-electron chi connectivity index (χ0n) is 12.9. The molecule has 1 aliphatic carbocycles. The number of hydrogen-bond acceptors (Lipinski definition) is 5. The van der Waals surface area contributed by atoms with Crippen LogP contribution in [0, 0.1) is 23.7 Å². The zero-order valence-corrected chi connectivity index (χ0v) is 12.9. The van der Waals surface area contributed by atoms with E-state index in [0.29, 0.717) is 36.7 Å². The first-order chi connectivity index (χ1) is 9.94. The Morgan fingerprint density at radius 2 is 1.95 bits per heavy atom. The number of ether oxygens (including phenoxy) is 4. The fraction of sp³-hybridized carbons (Fsp3) is 0.938. The molecular formula is C16H24O5. The molecule has 7 atom stereocenters. The molecule has 0 amide bonds. The number of fused-ring (bicyclic) bond motifs is 5. The fourth-order valence-electron chi connectivity index (χ4n) is 4.91. The Morgan fingerprint density at radius 1 is 1.14 bits per heavy atom. The number of esters is 1. The van der Waals surface area contributed by atoms with Crippen molar-refractivity contribution in [1.82, 2.24) is 0 Å². The van der Waals surface area contributed by atoms with Gasteiger partial charge in [0.05, 0.1) is 12.7 Å². The van der Waals surface area contributed by atoms with Gasteiger partial charge in [-0.25, -0.2) is 0 Å². The van der Waals surface area contributed by atoms with Crippen molar-refractivity contribution in [2.45, 2.75) is 64.3 Å². The van der Waals surface area contributed by atoms with Gasteiger partial charge in [0.1, 0.15) is 6.10 Å². The summed E-state index contributed by atoms with van der Waals surface area (Å²) in [5.74, 6) is 0.846. The fourth-order valence-corrected chi connectivity index (χ4v) is 4.91. The monoisotopic (exact) mass is 296 g/mol. The molecule has 4 aliphatic rings. The average Bonchev–Trinajstić information content (AvgIpc) is 2.81. The molecule has 4 fully saturated rings. The number of carbonyl (C=O) groups excluding carboxylic acids is 1. The Hall–Kier alpha value is -0.650. The van der Waals surface area contributed by atoms with Crippen LogP contribution in [0.3, 0.4) is 0 Å². The molecule has 3 aliphatic heterocycles.